The molecule has 0 fully saturated rings. The van der Waals surface area contributed by atoms with E-state index in [2.05, 4.69) is 9.72 Å². The van der Waals surface area contributed by atoms with Gasteiger partial charge in [0.2, 0.25) is 5.95 Å². The molecule has 0 unspecified atom stereocenters. The molecule has 110 valence electrons. The molecule has 2 rings (SSSR count). The topological polar surface area (TPSA) is 59.4 Å². The second-order valence-corrected chi connectivity index (χ2v) is 3.91. The summed E-state index contributed by atoms with van der Waals surface area (Å²) in [5.41, 5.74) is -0.621. The van der Waals surface area contributed by atoms with Crippen molar-refractivity contribution in [1.29, 1.82) is 0 Å². The fraction of sp³-hybridized carbons (Fsp3) is 0.0769. The summed E-state index contributed by atoms with van der Waals surface area (Å²) in [5.74, 6) is -2.88. The second-order valence-electron chi connectivity index (χ2n) is 3.91. The van der Waals surface area contributed by atoms with Crippen molar-refractivity contribution < 1.29 is 32.2 Å². The lowest BCUT2D eigenvalue weighted by molar-refractivity contribution is -0.274. The third-order valence-electron chi connectivity index (χ3n) is 2.43. The van der Waals surface area contributed by atoms with Crippen LogP contribution < -0.4 is 4.74 Å². The van der Waals surface area contributed by atoms with Gasteiger partial charge in [-0.05, 0) is 24.3 Å². The molecular weight excluding hydrogens is 294 g/mol. The Bertz CT molecular complexity index is 685. The summed E-state index contributed by atoms with van der Waals surface area (Å²) < 4.78 is 53.3. The molecule has 0 amide bonds. The first kappa shape index (κ1) is 14.8. The zero-order valence-corrected chi connectivity index (χ0v) is 10.2. The van der Waals surface area contributed by atoms with Crippen molar-refractivity contribution in [2.75, 3.05) is 0 Å². The standard InChI is InChI=1S/C13H7F4NO3/c14-10-5-4-9(12(19)20)11(18-10)7-2-1-3-8(6-7)21-13(15,16)17/h1-6H,(H,19,20). The van der Waals surface area contributed by atoms with Crippen LogP contribution in [0.15, 0.2) is 36.4 Å². The van der Waals surface area contributed by atoms with Gasteiger partial charge in [-0.3, -0.25) is 0 Å². The number of pyridine rings is 1. The number of ether oxygens (including phenoxy) is 1. The fourth-order valence-corrected chi connectivity index (χ4v) is 1.67. The van der Waals surface area contributed by atoms with Crippen molar-refractivity contribution in [3.63, 3.8) is 0 Å². The zero-order chi connectivity index (χ0) is 15.6. The van der Waals surface area contributed by atoms with Gasteiger partial charge in [0.15, 0.2) is 0 Å². The number of aromatic nitrogens is 1. The molecule has 0 aliphatic carbocycles. The van der Waals surface area contributed by atoms with Crippen molar-refractivity contribution in [3.05, 3.63) is 47.9 Å². The highest BCUT2D eigenvalue weighted by Gasteiger charge is 2.31. The molecule has 0 bridgehead atoms. The molecule has 21 heavy (non-hydrogen) atoms. The average Bonchev–Trinajstić information content (AvgIpc) is 2.36. The molecule has 0 saturated heterocycles. The highest BCUT2D eigenvalue weighted by molar-refractivity contribution is 5.94. The van der Waals surface area contributed by atoms with Gasteiger partial charge in [-0.15, -0.1) is 13.2 Å². The molecule has 0 saturated carbocycles. The minimum absolute atomic E-state index is 0.00588. The van der Waals surface area contributed by atoms with E-state index in [0.29, 0.717) is 0 Å². The van der Waals surface area contributed by atoms with Gasteiger partial charge >= 0.3 is 12.3 Å². The average molecular weight is 301 g/mol. The van der Waals surface area contributed by atoms with Crippen LogP contribution in [-0.2, 0) is 0 Å². The van der Waals surface area contributed by atoms with Crippen LogP contribution in [0, 0.1) is 5.95 Å². The molecule has 1 N–H and O–H groups in total. The van der Waals surface area contributed by atoms with Gasteiger partial charge in [0.05, 0.1) is 11.3 Å². The highest BCUT2D eigenvalue weighted by Crippen LogP contribution is 2.29. The number of hydrogen-bond acceptors (Lipinski definition) is 3. The van der Waals surface area contributed by atoms with Crippen LogP contribution in [0.3, 0.4) is 0 Å². The number of aromatic carboxylic acids is 1. The SMILES string of the molecule is O=C(O)c1ccc(F)nc1-c1cccc(OC(F)(F)F)c1. The number of halogens is 4. The Morgan fingerprint density at radius 1 is 1.19 bits per heavy atom. The number of carbonyl (C=O) groups is 1. The van der Waals surface area contributed by atoms with Crippen LogP contribution in [0.1, 0.15) is 10.4 Å². The van der Waals surface area contributed by atoms with Crippen molar-refractivity contribution in [2.45, 2.75) is 6.36 Å². The fourth-order valence-electron chi connectivity index (χ4n) is 1.67. The minimum Gasteiger partial charge on any atom is -0.478 e. The van der Waals surface area contributed by atoms with Crippen molar-refractivity contribution in [1.82, 2.24) is 4.98 Å². The molecule has 1 heterocycles. The molecular formula is C13H7F4NO3. The zero-order valence-electron chi connectivity index (χ0n) is 10.2. The maximum Gasteiger partial charge on any atom is 0.573 e. The Morgan fingerprint density at radius 3 is 2.52 bits per heavy atom. The molecule has 2 aromatic rings. The summed E-state index contributed by atoms with van der Waals surface area (Å²) in [6.45, 7) is 0. The van der Waals surface area contributed by atoms with Crippen LogP contribution in [0.4, 0.5) is 17.6 Å². The van der Waals surface area contributed by atoms with Crippen LogP contribution >= 0.6 is 0 Å². The summed E-state index contributed by atoms with van der Waals surface area (Å²) in [6, 6.07) is 6.32. The number of hydrogen-bond donors (Lipinski definition) is 1. The summed E-state index contributed by atoms with van der Waals surface area (Å²) >= 11 is 0. The molecule has 0 aliphatic rings. The predicted molar refractivity (Wildman–Crippen MR) is 63.3 cm³/mol. The maximum absolute atomic E-state index is 13.2. The number of carboxylic acids is 1. The van der Waals surface area contributed by atoms with Gasteiger partial charge in [-0.25, -0.2) is 9.78 Å². The van der Waals surface area contributed by atoms with Crippen LogP contribution in [0.5, 0.6) is 5.75 Å². The highest BCUT2D eigenvalue weighted by atomic mass is 19.4. The van der Waals surface area contributed by atoms with Gasteiger partial charge in [0.1, 0.15) is 5.75 Å². The molecule has 0 atom stereocenters. The van der Waals surface area contributed by atoms with E-state index < -0.39 is 24.0 Å². The molecule has 8 heteroatoms. The lowest BCUT2D eigenvalue weighted by atomic mass is 10.1. The first-order valence-corrected chi connectivity index (χ1v) is 5.52. The van der Waals surface area contributed by atoms with E-state index in [1.165, 1.54) is 12.1 Å². The van der Waals surface area contributed by atoms with E-state index in [9.17, 15) is 22.4 Å². The van der Waals surface area contributed by atoms with Crippen molar-refractivity contribution in [2.24, 2.45) is 0 Å². The van der Waals surface area contributed by atoms with E-state index in [1.54, 1.807) is 0 Å². The Kier molecular flexibility index (Phi) is 3.79. The lowest BCUT2D eigenvalue weighted by Gasteiger charge is -2.10. The number of alkyl halides is 3. The van der Waals surface area contributed by atoms with E-state index in [-0.39, 0.29) is 16.8 Å². The molecule has 4 nitrogen and oxygen atoms in total. The Morgan fingerprint density at radius 2 is 1.90 bits per heavy atom. The molecule has 0 spiro atoms. The van der Waals surface area contributed by atoms with Gasteiger partial charge in [0, 0.05) is 5.56 Å². The normalized spacial score (nSPS) is 11.2. The quantitative estimate of drug-likeness (QED) is 0.696. The molecule has 1 aromatic carbocycles. The van der Waals surface area contributed by atoms with Crippen molar-refractivity contribution in [3.8, 4) is 17.0 Å². The predicted octanol–water partition coefficient (Wildman–Crippen LogP) is 3.48. The first-order valence-electron chi connectivity index (χ1n) is 5.52. The van der Waals surface area contributed by atoms with Crippen LogP contribution in [-0.4, -0.2) is 22.4 Å². The lowest BCUT2D eigenvalue weighted by Crippen LogP contribution is -2.17. The second kappa shape index (κ2) is 5.39. The molecule has 0 radical (unpaired) electrons. The summed E-state index contributed by atoms with van der Waals surface area (Å²) in [6.07, 6.45) is -4.89. The molecule has 1 aromatic heterocycles. The number of benzene rings is 1. The minimum atomic E-state index is -4.89. The first-order chi connectivity index (χ1) is 9.76. The Balaban J connectivity index is 2.50. The third kappa shape index (κ3) is 3.68. The monoisotopic (exact) mass is 301 g/mol. The number of nitrogens with zero attached hydrogens (tertiary/aromatic N) is 1. The smallest absolute Gasteiger partial charge is 0.478 e. The van der Waals surface area contributed by atoms with E-state index >= 15 is 0 Å². The number of carboxylic acid groups (broad SMARTS) is 1. The van der Waals surface area contributed by atoms with Crippen molar-refractivity contribution >= 4 is 5.97 Å². The van der Waals surface area contributed by atoms with Gasteiger partial charge in [-0.2, -0.15) is 4.39 Å². The van der Waals surface area contributed by atoms with Gasteiger partial charge in [0.25, 0.3) is 0 Å². The van der Waals surface area contributed by atoms with Gasteiger partial charge < -0.3 is 9.84 Å². The van der Waals surface area contributed by atoms with Crippen LogP contribution in [0.25, 0.3) is 11.3 Å². The summed E-state index contributed by atoms with van der Waals surface area (Å²) in [4.78, 5) is 14.5. The molecule has 0 aliphatic heterocycles. The van der Waals surface area contributed by atoms with E-state index in [0.717, 1.165) is 24.3 Å². The van der Waals surface area contributed by atoms with Gasteiger partial charge in [-0.1, -0.05) is 12.1 Å². The Hall–Kier alpha value is -2.64. The number of rotatable bonds is 3. The largest absolute Gasteiger partial charge is 0.573 e. The maximum atomic E-state index is 13.2. The summed E-state index contributed by atoms with van der Waals surface area (Å²) in [7, 11) is 0. The summed E-state index contributed by atoms with van der Waals surface area (Å²) in [5, 5.41) is 9.00. The Labute approximate surface area is 115 Å². The van der Waals surface area contributed by atoms with E-state index in [4.69, 9.17) is 5.11 Å². The van der Waals surface area contributed by atoms with E-state index in [1.807, 2.05) is 0 Å². The van der Waals surface area contributed by atoms with Crippen LogP contribution in [0.2, 0.25) is 0 Å². The third-order valence-corrected chi connectivity index (χ3v) is 2.43.